The number of ether oxygens (including phenoxy) is 1. The van der Waals surface area contributed by atoms with Crippen molar-refractivity contribution >= 4 is 6.03 Å². The molecule has 1 N–H and O–H groups in total. The van der Waals surface area contributed by atoms with Crippen molar-refractivity contribution < 1.29 is 9.53 Å². The highest BCUT2D eigenvalue weighted by atomic mass is 16.5. The zero-order chi connectivity index (χ0) is 14.5. The summed E-state index contributed by atoms with van der Waals surface area (Å²) in [5.41, 5.74) is 1.36. The van der Waals surface area contributed by atoms with Crippen LogP contribution in [0.5, 0.6) is 0 Å². The lowest BCUT2D eigenvalue weighted by Gasteiger charge is -2.19. The summed E-state index contributed by atoms with van der Waals surface area (Å²) in [6.07, 6.45) is 4.57. The molecule has 21 heavy (non-hydrogen) atoms. The van der Waals surface area contributed by atoms with Gasteiger partial charge in [-0.3, -0.25) is 0 Å². The van der Waals surface area contributed by atoms with Gasteiger partial charge in [0, 0.05) is 26.2 Å². The molecular weight excluding hydrogens is 264 g/mol. The number of nitrogens with one attached hydrogen (secondary N) is 1. The van der Waals surface area contributed by atoms with Gasteiger partial charge in [0.05, 0.1) is 6.10 Å². The van der Waals surface area contributed by atoms with Crippen molar-refractivity contribution in [1.29, 1.82) is 0 Å². The predicted molar refractivity (Wildman–Crippen MR) is 82.2 cm³/mol. The summed E-state index contributed by atoms with van der Waals surface area (Å²) in [6, 6.07) is 10.6. The van der Waals surface area contributed by atoms with E-state index in [0.29, 0.717) is 12.5 Å². The van der Waals surface area contributed by atoms with Crippen molar-refractivity contribution in [1.82, 2.24) is 10.2 Å². The molecule has 0 radical (unpaired) electrons. The smallest absolute Gasteiger partial charge is 0.317 e. The maximum Gasteiger partial charge on any atom is 0.317 e. The monoisotopic (exact) mass is 288 g/mol. The lowest BCUT2D eigenvalue weighted by Crippen LogP contribution is -2.41. The Morgan fingerprint density at radius 1 is 1.29 bits per heavy atom. The van der Waals surface area contributed by atoms with Gasteiger partial charge < -0.3 is 15.0 Å². The van der Waals surface area contributed by atoms with Crippen LogP contribution in [0.4, 0.5) is 4.79 Å². The van der Waals surface area contributed by atoms with Crippen LogP contribution < -0.4 is 5.32 Å². The van der Waals surface area contributed by atoms with E-state index >= 15 is 0 Å². The number of hydrogen-bond donors (Lipinski definition) is 1. The summed E-state index contributed by atoms with van der Waals surface area (Å²) in [4.78, 5) is 14.1. The zero-order valence-corrected chi connectivity index (χ0v) is 12.5. The number of carbonyl (C=O) groups is 1. The molecule has 2 amide bonds. The van der Waals surface area contributed by atoms with Gasteiger partial charge in [0.25, 0.3) is 0 Å². The van der Waals surface area contributed by atoms with Crippen LogP contribution >= 0.6 is 0 Å². The number of benzene rings is 1. The number of likely N-dealkylation sites (tertiary alicyclic amines) is 1. The Hall–Kier alpha value is -1.55. The van der Waals surface area contributed by atoms with Gasteiger partial charge in [-0.25, -0.2) is 4.79 Å². The molecule has 2 heterocycles. The van der Waals surface area contributed by atoms with Crippen LogP contribution in [0.1, 0.15) is 24.8 Å². The summed E-state index contributed by atoms with van der Waals surface area (Å²) >= 11 is 0. The number of nitrogens with zero attached hydrogens (tertiary/aromatic N) is 1. The molecule has 3 rings (SSSR count). The fourth-order valence-corrected chi connectivity index (χ4v) is 3.25. The molecular formula is C17H24N2O2. The Morgan fingerprint density at radius 2 is 2.14 bits per heavy atom. The van der Waals surface area contributed by atoms with Gasteiger partial charge in [0.1, 0.15) is 0 Å². The molecule has 114 valence electrons. The maximum atomic E-state index is 12.2. The molecule has 1 aromatic carbocycles. The average molecular weight is 288 g/mol. The maximum absolute atomic E-state index is 12.2. The number of urea groups is 1. The topological polar surface area (TPSA) is 41.6 Å². The second kappa shape index (κ2) is 6.94. The van der Waals surface area contributed by atoms with Gasteiger partial charge in [-0.15, -0.1) is 0 Å². The Morgan fingerprint density at radius 3 is 2.90 bits per heavy atom. The second-order valence-electron chi connectivity index (χ2n) is 6.11. The lowest BCUT2D eigenvalue weighted by atomic mass is 9.99. The van der Waals surface area contributed by atoms with E-state index in [1.165, 1.54) is 5.56 Å². The first kappa shape index (κ1) is 14.4. The minimum absolute atomic E-state index is 0.0704. The van der Waals surface area contributed by atoms with Gasteiger partial charge in [0.2, 0.25) is 0 Å². The first-order valence-corrected chi connectivity index (χ1v) is 7.99. The molecule has 1 aromatic rings. The summed E-state index contributed by atoms with van der Waals surface area (Å²) in [7, 11) is 0. The normalized spacial score (nSPS) is 25.2. The Bertz CT molecular complexity index is 457. The second-order valence-corrected chi connectivity index (χ2v) is 6.11. The van der Waals surface area contributed by atoms with Crippen LogP contribution in [0.3, 0.4) is 0 Å². The molecule has 2 atom stereocenters. The third-order valence-electron chi connectivity index (χ3n) is 4.45. The van der Waals surface area contributed by atoms with E-state index in [0.717, 1.165) is 45.4 Å². The van der Waals surface area contributed by atoms with Gasteiger partial charge >= 0.3 is 6.03 Å². The Labute approximate surface area is 126 Å². The van der Waals surface area contributed by atoms with Gasteiger partial charge in [-0.1, -0.05) is 30.3 Å². The van der Waals surface area contributed by atoms with Crippen molar-refractivity contribution in [3.63, 3.8) is 0 Å². The van der Waals surface area contributed by atoms with Gasteiger partial charge in [-0.2, -0.15) is 0 Å². The Kier molecular flexibility index (Phi) is 4.76. The summed E-state index contributed by atoms with van der Waals surface area (Å²) in [6.45, 7) is 3.23. The largest absolute Gasteiger partial charge is 0.376 e. The molecule has 0 saturated carbocycles. The highest BCUT2D eigenvalue weighted by Gasteiger charge is 2.27. The molecule has 0 bridgehead atoms. The first-order valence-electron chi connectivity index (χ1n) is 7.99. The fourth-order valence-electron chi connectivity index (χ4n) is 3.25. The number of rotatable bonds is 4. The standard InChI is InChI=1S/C17H24N2O2/c20-17(18-12-16-7-4-10-21-16)19-9-8-15(13-19)11-14-5-2-1-3-6-14/h1-3,5-6,15-16H,4,7-13H2,(H,18,20). The molecule has 4 heteroatoms. The van der Waals surface area contributed by atoms with Gasteiger partial charge in [0.15, 0.2) is 0 Å². The molecule has 0 spiro atoms. The fraction of sp³-hybridized carbons (Fsp3) is 0.588. The molecule has 2 aliphatic rings. The van der Waals surface area contributed by atoms with Crippen molar-refractivity contribution in [2.75, 3.05) is 26.2 Å². The van der Waals surface area contributed by atoms with E-state index in [-0.39, 0.29) is 12.1 Å². The third kappa shape index (κ3) is 3.97. The van der Waals surface area contributed by atoms with Crippen LogP contribution in [0, 0.1) is 5.92 Å². The van der Waals surface area contributed by atoms with Crippen LogP contribution in [-0.4, -0.2) is 43.3 Å². The van der Waals surface area contributed by atoms with Gasteiger partial charge in [-0.05, 0) is 37.2 Å². The van der Waals surface area contributed by atoms with E-state index in [4.69, 9.17) is 4.74 Å². The molecule has 0 aromatic heterocycles. The number of hydrogen-bond acceptors (Lipinski definition) is 2. The van der Waals surface area contributed by atoms with E-state index in [2.05, 4.69) is 29.6 Å². The van der Waals surface area contributed by atoms with Crippen molar-refractivity contribution in [3.8, 4) is 0 Å². The third-order valence-corrected chi connectivity index (χ3v) is 4.45. The lowest BCUT2D eigenvalue weighted by molar-refractivity contribution is 0.109. The van der Waals surface area contributed by atoms with Crippen molar-refractivity contribution in [2.45, 2.75) is 31.8 Å². The SMILES string of the molecule is O=C(NCC1CCCO1)N1CCC(Cc2ccccc2)C1. The summed E-state index contributed by atoms with van der Waals surface area (Å²) in [5.74, 6) is 0.584. The van der Waals surface area contributed by atoms with E-state index in [9.17, 15) is 4.79 Å². The van der Waals surface area contributed by atoms with Crippen molar-refractivity contribution in [3.05, 3.63) is 35.9 Å². The molecule has 2 fully saturated rings. The van der Waals surface area contributed by atoms with Crippen LogP contribution in [-0.2, 0) is 11.2 Å². The minimum atomic E-state index is 0.0704. The molecule has 2 aliphatic heterocycles. The molecule has 4 nitrogen and oxygen atoms in total. The van der Waals surface area contributed by atoms with Crippen LogP contribution in [0.2, 0.25) is 0 Å². The van der Waals surface area contributed by atoms with E-state index in [1.54, 1.807) is 0 Å². The van der Waals surface area contributed by atoms with Crippen molar-refractivity contribution in [2.24, 2.45) is 5.92 Å². The summed E-state index contributed by atoms with van der Waals surface area (Å²) < 4.78 is 5.53. The molecule has 0 aliphatic carbocycles. The highest BCUT2D eigenvalue weighted by Crippen LogP contribution is 2.21. The quantitative estimate of drug-likeness (QED) is 0.924. The highest BCUT2D eigenvalue weighted by molar-refractivity contribution is 5.74. The van der Waals surface area contributed by atoms with E-state index < -0.39 is 0 Å². The number of carbonyl (C=O) groups excluding carboxylic acids is 1. The minimum Gasteiger partial charge on any atom is -0.376 e. The predicted octanol–water partition coefficient (Wildman–Crippen LogP) is 2.44. The number of amides is 2. The average Bonchev–Trinajstić information content (AvgIpc) is 3.17. The molecule has 2 saturated heterocycles. The Balaban J connectivity index is 1.42. The van der Waals surface area contributed by atoms with E-state index in [1.807, 2.05) is 11.0 Å². The molecule has 2 unspecified atom stereocenters. The first-order chi connectivity index (χ1) is 10.3. The zero-order valence-electron chi connectivity index (χ0n) is 12.5. The summed E-state index contributed by atoms with van der Waals surface area (Å²) in [5, 5.41) is 3.01. The van der Waals surface area contributed by atoms with Crippen LogP contribution in [0.15, 0.2) is 30.3 Å². The van der Waals surface area contributed by atoms with Crippen LogP contribution in [0.25, 0.3) is 0 Å².